The lowest BCUT2D eigenvalue weighted by Gasteiger charge is -2.14. The Morgan fingerprint density at radius 3 is 2.50 bits per heavy atom. The second kappa shape index (κ2) is 6.83. The van der Waals surface area contributed by atoms with E-state index in [-0.39, 0.29) is 17.8 Å². The first kappa shape index (κ1) is 15.0. The highest BCUT2D eigenvalue weighted by atomic mass is 127. The summed E-state index contributed by atoms with van der Waals surface area (Å²) in [5, 5.41) is 2.96. The van der Waals surface area contributed by atoms with Crippen molar-refractivity contribution in [2.24, 2.45) is 0 Å². The first-order valence-electron chi connectivity index (χ1n) is 6.36. The van der Waals surface area contributed by atoms with E-state index in [2.05, 4.69) is 27.9 Å². The molecule has 2 aromatic carbocycles. The van der Waals surface area contributed by atoms with Gasteiger partial charge in [-0.1, -0.05) is 24.3 Å². The monoisotopic (exact) mass is 383 g/mol. The highest BCUT2D eigenvalue weighted by Gasteiger charge is 2.12. The summed E-state index contributed by atoms with van der Waals surface area (Å²) < 4.78 is 13.8. The Morgan fingerprint density at radius 2 is 1.85 bits per heavy atom. The molecule has 1 unspecified atom stereocenters. The van der Waals surface area contributed by atoms with Gasteiger partial charge >= 0.3 is 0 Å². The van der Waals surface area contributed by atoms with Crippen LogP contribution < -0.4 is 5.32 Å². The average molecular weight is 383 g/mol. The molecule has 0 fully saturated rings. The first-order valence-corrected chi connectivity index (χ1v) is 7.44. The molecule has 20 heavy (non-hydrogen) atoms. The maximum atomic E-state index is 12.8. The molecule has 0 spiro atoms. The molecule has 0 aromatic heterocycles. The minimum Gasteiger partial charge on any atom is -0.349 e. The van der Waals surface area contributed by atoms with Gasteiger partial charge in [0, 0.05) is 9.61 Å². The van der Waals surface area contributed by atoms with Crippen LogP contribution in [-0.2, 0) is 6.42 Å². The number of halogens is 2. The average Bonchev–Trinajstić information content (AvgIpc) is 2.41. The van der Waals surface area contributed by atoms with Crippen LogP contribution >= 0.6 is 22.6 Å². The van der Waals surface area contributed by atoms with Crippen LogP contribution in [0.3, 0.4) is 0 Å². The van der Waals surface area contributed by atoms with Crippen LogP contribution in [0, 0.1) is 9.39 Å². The third kappa shape index (κ3) is 4.03. The fourth-order valence-electron chi connectivity index (χ4n) is 1.97. The van der Waals surface area contributed by atoms with Crippen LogP contribution in [0.1, 0.15) is 22.8 Å². The van der Waals surface area contributed by atoms with Gasteiger partial charge in [-0.15, -0.1) is 0 Å². The van der Waals surface area contributed by atoms with Gasteiger partial charge in [0.1, 0.15) is 5.82 Å². The Kier molecular flexibility index (Phi) is 5.11. The molecule has 4 heteroatoms. The molecule has 0 heterocycles. The number of amides is 1. The molecule has 0 aliphatic heterocycles. The van der Waals surface area contributed by atoms with E-state index in [1.807, 2.05) is 31.2 Å². The fourth-order valence-corrected chi connectivity index (χ4v) is 2.60. The summed E-state index contributed by atoms with van der Waals surface area (Å²) in [6.07, 6.45) is 0.676. The van der Waals surface area contributed by atoms with Gasteiger partial charge in [0.2, 0.25) is 0 Å². The fraction of sp³-hybridized carbons (Fsp3) is 0.188. The van der Waals surface area contributed by atoms with Gasteiger partial charge in [-0.05, 0) is 65.8 Å². The number of hydrogen-bond acceptors (Lipinski definition) is 1. The molecular formula is C16H15FINO. The molecule has 2 aromatic rings. The summed E-state index contributed by atoms with van der Waals surface area (Å²) in [6, 6.07) is 13.8. The van der Waals surface area contributed by atoms with Crippen molar-refractivity contribution in [3.05, 3.63) is 69.0 Å². The van der Waals surface area contributed by atoms with E-state index in [1.54, 1.807) is 12.1 Å². The van der Waals surface area contributed by atoms with E-state index >= 15 is 0 Å². The first-order chi connectivity index (χ1) is 9.56. The number of carbonyl (C=O) groups excluding carboxylic acids is 1. The minimum atomic E-state index is -0.246. The zero-order chi connectivity index (χ0) is 14.5. The van der Waals surface area contributed by atoms with E-state index < -0.39 is 0 Å². The molecule has 0 aliphatic carbocycles. The van der Waals surface area contributed by atoms with E-state index in [9.17, 15) is 9.18 Å². The molecular weight excluding hydrogens is 368 g/mol. The second-order valence-corrected chi connectivity index (χ2v) is 5.85. The molecule has 0 saturated carbocycles. The van der Waals surface area contributed by atoms with Crippen molar-refractivity contribution < 1.29 is 9.18 Å². The normalized spacial score (nSPS) is 11.9. The maximum Gasteiger partial charge on any atom is 0.252 e. The predicted octanol–water partition coefficient (Wildman–Crippen LogP) is 3.79. The van der Waals surface area contributed by atoms with Crippen LogP contribution in [0.15, 0.2) is 48.5 Å². The Morgan fingerprint density at radius 1 is 1.20 bits per heavy atom. The highest BCUT2D eigenvalue weighted by molar-refractivity contribution is 14.1. The van der Waals surface area contributed by atoms with Crippen LogP contribution in [0.5, 0.6) is 0 Å². The summed E-state index contributed by atoms with van der Waals surface area (Å²) in [7, 11) is 0. The van der Waals surface area contributed by atoms with Gasteiger partial charge in [0.05, 0.1) is 5.56 Å². The van der Waals surface area contributed by atoms with Gasteiger partial charge < -0.3 is 5.32 Å². The van der Waals surface area contributed by atoms with Crippen molar-refractivity contribution in [1.29, 1.82) is 0 Å². The lowest BCUT2D eigenvalue weighted by Crippen LogP contribution is -2.34. The van der Waals surface area contributed by atoms with Gasteiger partial charge in [-0.25, -0.2) is 4.39 Å². The van der Waals surface area contributed by atoms with E-state index in [4.69, 9.17) is 0 Å². The third-order valence-electron chi connectivity index (χ3n) is 2.95. The van der Waals surface area contributed by atoms with E-state index in [0.29, 0.717) is 12.0 Å². The Hall–Kier alpha value is -1.43. The number of benzene rings is 2. The number of hydrogen-bond donors (Lipinski definition) is 1. The van der Waals surface area contributed by atoms with Gasteiger partial charge in [0.25, 0.3) is 5.91 Å². The summed E-state index contributed by atoms with van der Waals surface area (Å²) in [6.45, 7) is 1.94. The summed E-state index contributed by atoms with van der Waals surface area (Å²) in [5.74, 6) is -0.325. The zero-order valence-corrected chi connectivity index (χ0v) is 13.2. The number of rotatable bonds is 4. The van der Waals surface area contributed by atoms with Gasteiger partial charge in [0.15, 0.2) is 0 Å². The van der Waals surface area contributed by atoms with Crippen LogP contribution in [0.2, 0.25) is 0 Å². The summed E-state index contributed by atoms with van der Waals surface area (Å²) >= 11 is 2.15. The second-order valence-electron chi connectivity index (χ2n) is 4.68. The molecule has 0 bridgehead atoms. The van der Waals surface area contributed by atoms with E-state index in [0.717, 1.165) is 9.13 Å². The van der Waals surface area contributed by atoms with Gasteiger partial charge in [-0.3, -0.25) is 4.79 Å². The number of carbonyl (C=O) groups is 1. The zero-order valence-electron chi connectivity index (χ0n) is 11.1. The predicted molar refractivity (Wildman–Crippen MR) is 86.2 cm³/mol. The summed E-state index contributed by atoms with van der Waals surface area (Å²) in [4.78, 5) is 12.1. The molecule has 0 aliphatic rings. The largest absolute Gasteiger partial charge is 0.349 e. The minimum absolute atomic E-state index is 0.0102. The SMILES string of the molecule is CC(Cc1ccc(F)cc1)NC(=O)c1ccccc1I. The third-order valence-corrected chi connectivity index (χ3v) is 3.89. The molecule has 2 rings (SSSR count). The maximum absolute atomic E-state index is 12.8. The smallest absolute Gasteiger partial charge is 0.252 e. The Balaban J connectivity index is 1.98. The molecule has 0 saturated heterocycles. The molecule has 0 radical (unpaired) electrons. The molecule has 1 atom stereocenters. The lowest BCUT2D eigenvalue weighted by molar-refractivity contribution is 0.0939. The topological polar surface area (TPSA) is 29.1 Å². The van der Waals surface area contributed by atoms with Crippen molar-refractivity contribution in [2.45, 2.75) is 19.4 Å². The van der Waals surface area contributed by atoms with Gasteiger partial charge in [-0.2, -0.15) is 0 Å². The molecule has 2 nitrogen and oxygen atoms in total. The standard InChI is InChI=1S/C16H15FINO/c1-11(10-12-6-8-13(17)9-7-12)19-16(20)14-4-2-3-5-15(14)18/h2-9,11H,10H2,1H3,(H,19,20). The quantitative estimate of drug-likeness (QED) is 0.800. The number of nitrogens with one attached hydrogen (secondary N) is 1. The molecule has 1 N–H and O–H groups in total. The van der Waals surface area contributed by atoms with Crippen LogP contribution in [-0.4, -0.2) is 11.9 Å². The highest BCUT2D eigenvalue weighted by Crippen LogP contribution is 2.12. The Bertz CT molecular complexity index is 598. The van der Waals surface area contributed by atoms with Crippen LogP contribution in [0.25, 0.3) is 0 Å². The Labute approximate surface area is 131 Å². The van der Waals surface area contributed by atoms with Crippen molar-refractivity contribution >= 4 is 28.5 Å². The summed E-state index contributed by atoms with van der Waals surface area (Å²) in [5.41, 5.74) is 1.68. The van der Waals surface area contributed by atoms with Crippen molar-refractivity contribution in [3.8, 4) is 0 Å². The molecule has 1 amide bonds. The van der Waals surface area contributed by atoms with Crippen molar-refractivity contribution in [1.82, 2.24) is 5.32 Å². The van der Waals surface area contributed by atoms with Crippen molar-refractivity contribution in [2.75, 3.05) is 0 Å². The molecule has 104 valence electrons. The van der Waals surface area contributed by atoms with Crippen molar-refractivity contribution in [3.63, 3.8) is 0 Å². The lowest BCUT2D eigenvalue weighted by atomic mass is 10.1. The van der Waals surface area contributed by atoms with Crippen LogP contribution in [0.4, 0.5) is 4.39 Å². The van der Waals surface area contributed by atoms with E-state index in [1.165, 1.54) is 12.1 Å².